The smallest absolute Gasteiger partial charge is 0.352 e. The molecule has 9 heteroatoms. The molecule has 8 nitrogen and oxygen atoms in total. The number of anilines is 1. The molecular weight excluding hydrogens is 281 g/mol. The maximum absolute atomic E-state index is 13.1. The van der Waals surface area contributed by atoms with Crippen molar-refractivity contribution in [2.45, 2.75) is 13.8 Å². The van der Waals surface area contributed by atoms with Gasteiger partial charge in [-0.05, 0) is 37.6 Å². The summed E-state index contributed by atoms with van der Waals surface area (Å²) in [6.45, 7) is 3.05. The molecule has 1 aromatic heterocycles. The van der Waals surface area contributed by atoms with Crippen LogP contribution in [0, 0.1) is 29.8 Å². The zero-order valence-electron chi connectivity index (χ0n) is 11.3. The fourth-order valence-electron chi connectivity index (χ4n) is 1.72. The summed E-state index contributed by atoms with van der Waals surface area (Å²) < 4.78 is 18.5. The number of halogens is 1. The molecule has 0 unspecified atom stereocenters. The predicted octanol–water partition coefficient (Wildman–Crippen LogP) is 2.22. The highest BCUT2D eigenvalue weighted by atomic mass is 19.1. The highest BCUT2D eigenvalue weighted by molar-refractivity contribution is 5.50. The third kappa shape index (κ3) is 3.03. The number of hydrogen-bond acceptors (Lipinski definition) is 7. The van der Waals surface area contributed by atoms with Crippen molar-refractivity contribution in [2.24, 2.45) is 5.84 Å². The molecule has 1 aromatic carbocycles. The first-order valence-corrected chi connectivity index (χ1v) is 5.86. The van der Waals surface area contributed by atoms with Gasteiger partial charge in [0, 0.05) is 0 Å². The van der Waals surface area contributed by atoms with Gasteiger partial charge in [0.1, 0.15) is 17.3 Å². The molecule has 0 atom stereocenters. The van der Waals surface area contributed by atoms with Crippen molar-refractivity contribution >= 4 is 11.6 Å². The summed E-state index contributed by atoms with van der Waals surface area (Å²) >= 11 is 0. The molecule has 1 heterocycles. The standard InChI is InChI=1S/C12H12FN5O3/c1-6-5-8(13)3-4-9(6)21-11-10(18(19)20)7(2)15-12(16-11)17-14/h3-5H,14H2,1-2H3,(H,15,16,17). The van der Waals surface area contributed by atoms with Crippen LogP contribution < -0.4 is 16.0 Å². The summed E-state index contributed by atoms with van der Waals surface area (Å²) in [5, 5.41) is 11.1. The van der Waals surface area contributed by atoms with Crippen LogP contribution in [0.4, 0.5) is 16.0 Å². The maximum atomic E-state index is 13.1. The van der Waals surface area contributed by atoms with E-state index in [1.807, 2.05) is 0 Å². The van der Waals surface area contributed by atoms with E-state index in [4.69, 9.17) is 10.6 Å². The molecule has 0 amide bonds. The largest absolute Gasteiger partial charge is 0.433 e. The summed E-state index contributed by atoms with van der Waals surface area (Å²) in [6.07, 6.45) is 0. The first-order chi connectivity index (χ1) is 9.92. The van der Waals surface area contributed by atoms with Crippen LogP contribution in [0.5, 0.6) is 11.6 Å². The van der Waals surface area contributed by atoms with Gasteiger partial charge in [-0.1, -0.05) is 0 Å². The lowest BCUT2D eigenvalue weighted by Crippen LogP contribution is -2.13. The molecule has 0 radical (unpaired) electrons. The van der Waals surface area contributed by atoms with Crippen LogP contribution in [0.15, 0.2) is 18.2 Å². The van der Waals surface area contributed by atoms with Crippen LogP contribution >= 0.6 is 0 Å². The minimum absolute atomic E-state index is 0.0205. The van der Waals surface area contributed by atoms with Crippen molar-refractivity contribution in [2.75, 3.05) is 5.43 Å². The van der Waals surface area contributed by atoms with Crippen LogP contribution in [0.1, 0.15) is 11.3 Å². The second-order valence-electron chi connectivity index (χ2n) is 4.20. The van der Waals surface area contributed by atoms with Gasteiger partial charge in [0.2, 0.25) is 5.95 Å². The number of hydrazine groups is 1. The van der Waals surface area contributed by atoms with Gasteiger partial charge < -0.3 is 4.74 Å². The second kappa shape index (κ2) is 5.67. The lowest BCUT2D eigenvalue weighted by Gasteiger charge is -2.10. The molecule has 0 aliphatic rings. The molecule has 2 rings (SSSR count). The second-order valence-corrected chi connectivity index (χ2v) is 4.20. The van der Waals surface area contributed by atoms with E-state index in [0.29, 0.717) is 5.56 Å². The molecule has 0 saturated heterocycles. The molecule has 0 fully saturated rings. The number of aromatic nitrogens is 2. The van der Waals surface area contributed by atoms with Gasteiger partial charge >= 0.3 is 11.6 Å². The van der Waals surface area contributed by atoms with Crippen molar-refractivity contribution in [3.8, 4) is 11.6 Å². The Hall–Kier alpha value is -2.81. The molecule has 0 aliphatic carbocycles. The number of nitrogens with two attached hydrogens (primary N) is 1. The van der Waals surface area contributed by atoms with Crippen molar-refractivity contribution < 1.29 is 14.1 Å². The molecule has 0 saturated carbocycles. The van der Waals surface area contributed by atoms with E-state index in [0.717, 1.165) is 0 Å². The van der Waals surface area contributed by atoms with Crippen LogP contribution in [-0.2, 0) is 0 Å². The van der Waals surface area contributed by atoms with Crippen LogP contribution in [0.2, 0.25) is 0 Å². The number of rotatable bonds is 4. The molecule has 3 N–H and O–H groups in total. The van der Waals surface area contributed by atoms with E-state index >= 15 is 0 Å². The highest BCUT2D eigenvalue weighted by Gasteiger charge is 2.24. The average Bonchev–Trinajstić information content (AvgIpc) is 2.40. The van der Waals surface area contributed by atoms with E-state index in [2.05, 4.69) is 15.4 Å². The SMILES string of the molecule is Cc1cc(F)ccc1Oc1nc(NN)nc(C)c1[N+](=O)[O-]. The van der Waals surface area contributed by atoms with Gasteiger partial charge in [0.15, 0.2) is 0 Å². The Bertz CT molecular complexity index is 708. The van der Waals surface area contributed by atoms with Crippen molar-refractivity contribution in [3.63, 3.8) is 0 Å². The fraction of sp³-hybridized carbons (Fsp3) is 0.167. The van der Waals surface area contributed by atoms with Crippen LogP contribution in [0.25, 0.3) is 0 Å². The first-order valence-electron chi connectivity index (χ1n) is 5.86. The Morgan fingerprint density at radius 3 is 2.67 bits per heavy atom. The Balaban J connectivity index is 2.51. The highest BCUT2D eigenvalue weighted by Crippen LogP contribution is 2.33. The zero-order valence-corrected chi connectivity index (χ0v) is 11.3. The zero-order chi connectivity index (χ0) is 15.6. The molecule has 21 heavy (non-hydrogen) atoms. The third-order valence-electron chi connectivity index (χ3n) is 2.68. The normalized spacial score (nSPS) is 10.3. The summed E-state index contributed by atoms with van der Waals surface area (Å²) in [7, 11) is 0. The maximum Gasteiger partial charge on any atom is 0.352 e. The van der Waals surface area contributed by atoms with E-state index in [1.54, 1.807) is 6.92 Å². The number of nitrogen functional groups attached to an aromatic ring is 1. The number of benzene rings is 1. The summed E-state index contributed by atoms with van der Waals surface area (Å²) in [6, 6.07) is 3.79. The molecule has 0 spiro atoms. The van der Waals surface area contributed by atoms with Crippen LogP contribution in [-0.4, -0.2) is 14.9 Å². The number of hydrogen-bond donors (Lipinski definition) is 2. The number of nitrogens with zero attached hydrogens (tertiary/aromatic N) is 3. The van der Waals surface area contributed by atoms with Crippen molar-refractivity contribution in [1.82, 2.24) is 9.97 Å². The monoisotopic (exact) mass is 293 g/mol. The van der Waals surface area contributed by atoms with Gasteiger partial charge in [-0.3, -0.25) is 15.5 Å². The van der Waals surface area contributed by atoms with Crippen molar-refractivity contribution in [1.29, 1.82) is 0 Å². The fourth-order valence-corrected chi connectivity index (χ4v) is 1.72. The van der Waals surface area contributed by atoms with Crippen molar-refractivity contribution in [3.05, 3.63) is 45.4 Å². The Kier molecular flexibility index (Phi) is 3.94. The summed E-state index contributed by atoms with van der Waals surface area (Å²) in [5.41, 5.74) is 2.39. The topological polar surface area (TPSA) is 116 Å². The van der Waals surface area contributed by atoms with E-state index in [-0.39, 0.29) is 29.0 Å². The number of nitrogens with one attached hydrogen (secondary N) is 1. The van der Waals surface area contributed by atoms with E-state index in [1.165, 1.54) is 25.1 Å². The summed E-state index contributed by atoms with van der Waals surface area (Å²) in [4.78, 5) is 18.1. The van der Waals surface area contributed by atoms with Gasteiger partial charge in [0.05, 0.1) is 4.92 Å². The number of aryl methyl sites for hydroxylation is 2. The molecule has 110 valence electrons. The van der Waals surface area contributed by atoms with E-state index in [9.17, 15) is 14.5 Å². The third-order valence-corrected chi connectivity index (χ3v) is 2.68. The van der Waals surface area contributed by atoms with E-state index < -0.39 is 10.7 Å². The Morgan fingerprint density at radius 2 is 2.10 bits per heavy atom. The minimum Gasteiger partial charge on any atom is -0.433 e. The predicted molar refractivity (Wildman–Crippen MR) is 72.4 cm³/mol. The minimum atomic E-state index is -0.649. The van der Waals surface area contributed by atoms with Gasteiger partial charge in [-0.25, -0.2) is 15.2 Å². The lowest BCUT2D eigenvalue weighted by atomic mass is 10.2. The molecular formula is C12H12FN5O3. The Morgan fingerprint density at radius 1 is 1.38 bits per heavy atom. The van der Waals surface area contributed by atoms with Crippen LogP contribution in [0.3, 0.4) is 0 Å². The number of ether oxygens (including phenoxy) is 1. The van der Waals surface area contributed by atoms with Gasteiger partial charge in [-0.2, -0.15) is 4.98 Å². The molecule has 0 bridgehead atoms. The molecule has 0 aliphatic heterocycles. The average molecular weight is 293 g/mol. The van der Waals surface area contributed by atoms with Gasteiger partial charge in [0.25, 0.3) is 0 Å². The Labute approximate surface area is 118 Å². The lowest BCUT2D eigenvalue weighted by molar-refractivity contribution is -0.386. The van der Waals surface area contributed by atoms with Gasteiger partial charge in [-0.15, -0.1) is 0 Å². The quantitative estimate of drug-likeness (QED) is 0.504. The molecule has 2 aromatic rings. The summed E-state index contributed by atoms with van der Waals surface area (Å²) in [5.74, 6) is 4.74. The number of nitro groups is 1. The first kappa shape index (κ1) is 14.6.